The van der Waals surface area contributed by atoms with E-state index in [-0.39, 0.29) is 5.78 Å². The molecular formula is C13H11N3OS2. The normalized spacial score (nSPS) is 11.0. The fourth-order valence-electron chi connectivity index (χ4n) is 1.86. The molecule has 0 amide bonds. The summed E-state index contributed by atoms with van der Waals surface area (Å²) in [7, 11) is 0. The molecule has 0 atom stereocenters. The first-order chi connectivity index (χ1) is 9.28. The van der Waals surface area contributed by atoms with Crippen molar-refractivity contribution < 1.29 is 4.79 Å². The topological polar surface area (TPSA) is 55.7 Å². The Morgan fingerprint density at radius 3 is 2.95 bits per heavy atom. The molecule has 0 aliphatic carbocycles. The van der Waals surface area contributed by atoms with Crippen molar-refractivity contribution in [3.8, 4) is 0 Å². The first-order valence-electron chi connectivity index (χ1n) is 5.97. The van der Waals surface area contributed by atoms with Crippen LogP contribution >= 0.6 is 22.9 Å². The van der Waals surface area contributed by atoms with Crippen molar-refractivity contribution in [2.75, 3.05) is 0 Å². The lowest BCUT2D eigenvalue weighted by Gasteiger charge is -1.95. The van der Waals surface area contributed by atoms with Crippen LogP contribution in [0.2, 0.25) is 0 Å². The summed E-state index contributed by atoms with van der Waals surface area (Å²) < 4.78 is 4.97. The number of hydrogen-bond donors (Lipinski definition) is 0. The number of ketones is 1. The Bertz CT molecular complexity index is 699. The Morgan fingerprint density at radius 2 is 2.16 bits per heavy atom. The third kappa shape index (κ3) is 2.41. The van der Waals surface area contributed by atoms with Crippen molar-refractivity contribution in [2.24, 2.45) is 0 Å². The van der Waals surface area contributed by atoms with Gasteiger partial charge in [0.25, 0.3) is 0 Å². The van der Waals surface area contributed by atoms with Crippen molar-refractivity contribution >= 4 is 38.9 Å². The van der Waals surface area contributed by atoms with Crippen LogP contribution in [-0.2, 0) is 12.8 Å². The molecule has 2 aromatic heterocycles. The fourth-order valence-corrected chi connectivity index (χ4v) is 3.52. The lowest BCUT2D eigenvalue weighted by molar-refractivity contribution is 0.0996. The highest BCUT2D eigenvalue weighted by atomic mass is 32.1. The lowest BCUT2D eigenvalue weighted by atomic mass is 10.2. The van der Waals surface area contributed by atoms with Gasteiger partial charge in [0.15, 0.2) is 5.78 Å². The molecular weight excluding hydrogens is 278 g/mol. The molecule has 4 nitrogen and oxygen atoms in total. The van der Waals surface area contributed by atoms with Gasteiger partial charge in [0.2, 0.25) is 0 Å². The number of carbonyl (C=O) groups is 1. The number of aryl methyl sites for hydroxylation is 1. The Morgan fingerprint density at radius 1 is 1.32 bits per heavy atom. The molecule has 3 rings (SSSR count). The molecule has 19 heavy (non-hydrogen) atoms. The number of aromatic nitrogens is 3. The quantitative estimate of drug-likeness (QED) is 0.692. The van der Waals surface area contributed by atoms with Crippen LogP contribution in [0.5, 0.6) is 0 Å². The summed E-state index contributed by atoms with van der Waals surface area (Å²) in [5.74, 6) is 0.0610. The Labute approximate surface area is 118 Å². The minimum Gasteiger partial charge on any atom is -0.293 e. The van der Waals surface area contributed by atoms with Gasteiger partial charge >= 0.3 is 0 Å². The molecule has 0 radical (unpaired) electrons. The number of fused-ring (bicyclic) bond motifs is 1. The summed E-state index contributed by atoms with van der Waals surface area (Å²) in [4.78, 5) is 17.4. The lowest BCUT2D eigenvalue weighted by Crippen LogP contribution is -2.04. The van der Waals surface area contributed by atoms with Crippen LogP contribution in [-0.4, -0.2) is 20.4 Å². The Hall–Kier alpha value is -1.66. The minimum atomic E-state index is 0.0610. The molecule has 3 aromatic rings. The van der Waals surface area contributed by atoms with Gasteiger partial charge in [-0.15, -0.1) is 16.4 Å². The van der Waals surface area contributed by atoms with E-state index in [2.05, 4.69) is 14.6 Å². The van der Waals surface area contributed by atoms with Crippen molar-refractivity contribution in [3.63, 3.8) is 0 Å². The molecule has 6 heteroatoms. The highest BCUT2D eigenvalue weighted by Gasteiger charge is 2.17. The summed E-state index contributed by atoms with van der Waals surface area (Å²) in [5, 5.41) is 4.82. The highest BCUT2D eigenvalue weighted by Crippen LogP contribution is 2.23. The molecule has 0 saturated heterocycles. The van der Waals surface area contributed by atoms with Gasteiger partial charge < -0.3 is 0 Å². The monoisotopic (exact) mass is 289 g/mol. The number of nitrogens with zero attached hydrogens (tertiary/aromatic N) is 3. The third-order valence-corrected chi connectivity index (χ3v) is 4.64. The standard InChI is InChI=1S/C13H11N3OS2/c1-2-8-13(19-16-15-8)10(17)7-12-14-9-5-3-4-6-11(9)18-12/h3-6H,2,7H2,1H3. The summed E-state index contributed by atoms with van der Waals surface area (Å²) >= 11 is 2.74. The summed E-state index contributed by atoms with van der Waals surface area (Å²) in [6, 6.07) is 7.92. The van der Waals surface area contributed by atoms with Gasteiger partial charge in [-0.3, -0.25) is 4.79 Å². The van der Waals surface area contributed by atoms with Gasteiger partial charge in [0.05, 0.1) is 22.3 Å². The maximum Gasteiger partial charge on any atom is 0.183 e. The van der Waals surface area contributed by atoms with Gasteiger partial charge in [-0.1, -0.05) is 23.5 Å². The van der Waals surface area contributed by atoms with E-state index in [0.717, 1.165) is 27.3 Å². The van der Waals surface area contributed by atoms with E-state index in [1.54, 1.807) is 11.3 Å². The highest BCUT2D eigenvalue weighted by molar-refractivity contribution is 7.18. The summed E-state index contributed by atoms with van der Waals surface area (Å²) in [5.41, 5.74) is 1.74. The number of thiazole rings is 1. The summed E-state index contributed by atoms with van der Waals surface area (Å²) in [6.45, 7) is 1.98. The van der Waals surface area contributed by atoms with Gasteiger partial charge in [-0.05, 0) is 30.1 Å². The van der Waals surface area contributed by atoms with Crippen molar-refractivity contribution in [3.05, 3.63) is 39.8 Å². The van der Waals surface area contributed by atoms with Gasteiger partial charge in [0.1, 0.15) is 9.88 Å². The van der Waals surface area contributed by atoms with E-state index in [4.69, 9.17) is 0 Å². The Kier molecular flexibility index (Phi) is 3.35. The Balaban J connectivity index is 1.86. The molecule has 0 saturated carbocycles. The number of hydrogen-bond acceptors (Lipinski definition) is 6. The van der Waals surface area contributed by atoms with Crippen LogP contribution in [0.1, 0.15) is 27.3 Å². The van der Waals surface area contributed by atoms with E-state index in [0.29, 0.717) is 11.3 Å². The number of para-hydroxylation sites is 1. The van der Waals surface area contributed by atoms with E-state index >= 15 is 0 Å². The first-order valence-corrected chi connectivity index (χ1v) is 7.55. The van der Waals surface area contributed by atoms with E-state index < -0.39 is 0 Å². The van der Waals surface area contributed by atoms with Crippen LogP contribution in [0.3, 0.4) is 0 Å². The molecule has 0 N–H and O–H groups in total. The van der Waals surface area contributed by atoms with E-state index in [9.17, 15) is 4.79 Å². The number of Topliss-reactive ketones (excluding diaryl/α,β-unsaturated/α-hetero) is 1. The zero-order valence-corrected chi connectivity index (χ0v) is 11.9. The number of rotatable bonds is 4. The molecule has 2 heterocycles. The van der Waals surface area contributed by atoms with Gasteiger partial charge in [-0.25, -0.2) is 4.98 Å². The fraction of sp³-hybridized carbons (Fsp3) is 0.231. The van der Waals surface area contributed by atoms with Crippen LogP contribution in [0.15, 0.2) is 24.3 Å². The van der Waals surface area contributed by atoms with Crippen molar-refractivity contribution in [2.45, 2.75) is 19.8 Å². The van der Waals surface area contributed by atoms with Crippen LogP contribution in [0, 0.1) is 0 Å². The molecule has 1 aromatic carbocycles. The zero-order chi connectivity index (χ0) is 13.2. The smallest absolute Gasteiger partial charge is 0.183 e. The molecule has 0 bridgehead atoms. The second-order valence-electron chi connectivity index (χ2n) is 4.08. The predicted octanol–water partition coefficient (Wildman–Crippen LogP) is 3.14. The van der Waals surface area contributed by atoms with E-state index in [1.807, 2.05) is 31.2 Å². The SMILES string of the molecule is CCc1nnsc1C(=O)Cc1nc2ccccc2s1. The largest absolute Gasteiger partial charge is 0.293 e. The second-order valence-corrected chi connectivity index (χ2v) is 5.95. The second kappa shape index (κ2) is 5.14. The predicted molar refractivity (Wildman–Crippen MR) is 76.9 cm³/mol. The molecule has 0 unspecified atom stereocenters. The number of carbonyl (C=O) groups excluding carboxylic acids is 1. The molecule has 0 aliphatic rings. The zero-order valence-electron chi connectivity index (χ0n) is 10.3. The van der Waals surface area contributed by atoms with Crippen LogP contribution in [0.4, 0.5) is 0 Å². The maximum absolute atomic E-state index is 12.2. The number of benzene rings is 1. The molecule has 0 aliphatic heterocycles. The van der Waals surface area contributed by atoms with Gasteiger partial charge in [0, 0.05) is 0 Å². The van der Waals surface area contributed by atoms with Crippen LogP contribution < -0.4 is 0 Å². The average Bonchev–Trinajstić information content (AvgIpc) is 3.03. The third-order valence-electron chi connectivity index (χ3n) is 2.79. The average molecular weight is 289 g/mol. The van der Waals surface area contributed by atoms with Crippen molar-refractivity contribution in [1.82, 2.24) is 14.6 Å². The molecule has 96 valence electrons. The van der Waals surface area contributed by atoms with Gasteiger partial charge in [-0.2, -0.15) is 0 Å². The summed E-state index contributed by atoms with van der Waals surface area (Å²) in [6.07, 6.45) is 1.06. The molecule has 0 fully saturated rings. The van der Waals surface area contributed by atoms with E-state index in [1.165, 1.54) is 11.5 Å². The first kappa shape index (κ1) is 12.4. The minimum absolute atomic E-state index is 0.0610. The molecule has 0 spiro atoms. The maximum atomic E-state index is 12.2. The van der Waals surface area contributed by atoms with Crippen LogP contribution in [0.25, 0.3) is 10.2 Å². The van der Waals surface area contributed by atoms with Crippen molar-refractivity contribution in [1.29, 1.82) is 0 Å².